The van der Waals surface area contributed by atoms with Crippen LogP contribution in [-0.2, 0) is 14.3 Å². The van der Waals surface area contributed by atoms with Crippen molar-refractivity contribution >= 4 is 11.9 Å². The van der Waals surface area contributed by atoms with Crippen LogP contribution in [0.25, 0.3) is 0 Å². The summed E-state index contributed by atoms with van der Waals surface area (Å²) in [5.41, 5.74) is 0. The minimum absolute atomic E-state index is 0.149. The molecule has 0 aliphatic rings. The second kappa shape index (κ2) is 31.9. The molecule has 41 heavy (non-hydrogen) atoms. The SMILES string of the molecule is CC/C=C\C/C=C\C/C=C\C/C=C\C/C=C\C(CCCCC(=O)O)OC(=O)CCCCCCC/C=C\CCCCC. The van der Waals surface area contributed by atoms with Crippen molar-refractivity contribution in [3.8, 4) is 0 Å². The maximum Gasteiger partial charge on any atom is 0.306 e. The van der Waals surface area contributed by atoms with E-state index in [0.29, 0.717) is 19.3 Å². The fourth-order valence-electron chi connectivity index (χ4n) is 4.24. The van der Waals surface area contributed by atoms with E-state index in [2.05, 4.69) is 74.6 Å². The lowest BCUT2D eigenvalue weighted by atomic mass is 10.1. The average Bonchev–Trinajstić information content (AvgIpc) is 2.95. The maximum atomic E-state index is 12.4. The Hall–Kier alpha value is -2.62. The fraction of sp³-hybridized carbons (Fsp3) is 0.622. The van der Waals surface area contributed by atoms with E-state index in [0.717, 1.165) is 64.2 Å². The first-order valence-electron chi connectivity index (χ1n) is 16.4. The second-order valence-corrected chi connectivity index (χ2v) is 10.6. The first-order valence-corrected chi connectivity index (χ1v) is 16.4. The number of esters is 1. The van der Waals surface area contributed by atoms with Crippen molar-refractivity contribution in [1.82, 2.24) is 0 Å². The summed E-state index contributed by atoms with van der Waals surface area (Å²) < 4.78 is 5.74. The average molecular weight is 569 g/mol. The molecule has 0 saturated carbocycles. The number of carbonyl (C=O) groups is 2. The summed E-state index contributed by atoms with van der Waals surface area (Å²) in [6.45, 7) is 4.38. The number of hydrogen-bond acceptors (Lipinski definition) is 3. The Kier molecular flexibility index (Phi) is 29.9. The number of ether oxygens (including phenoxy) is 1. The molecular weight excluding hydrogens is 508 g/mol. The van der Waals surface area contributed by atoms with Crippen molar-refractivity contribution in [2.45, 2.75) is 148 Å². The molecule has 0 aromatic rings. The molecule has 0 aromatic carbocycles. The van der Waals surface area contributed by atoms with Crippen molar-refractivity contribution in [2.75, 3.05) is 0 Å². The number of hydrogen-bond donors (Lipinski definition) is 1. The Bertz CT molecular complexity index is 785. The third kappa shape index (κ3) is 31.8. The van der Waals surface area contributed by atoms with Gasteiger partial charge in [0.1, 0.15) is 6.10 Å². The molecule has 0 aliphatic heterocycles. The smallest absolute Gasteiger partial charge is 0.306 e. The molecule has 4 nitrogen and oxygen atoms in total. The summed E-state index contributed by atoms with van der Waals surface area (Å²) >= 11 is 0. The van der Waals surface area contributed by atoms with Crippen LogP contribution in [0.5, 0.6) is 0 Å². The molecule has 0 aliphatic carbocycles. The second-order valence-electron chi connectivity index (χ2n) is 10.6. The van der Waals surface area contributed by atoms with Crippen LogP contribution in [0.4, 0.5) is 0 Å². The summed E-state index contributed by atoms with van der Waals surface area (Å²) in [5.74, 6) is -0.930. The van der Waals surface area contributed by atoms with Crippen molar-refractivity contribution in [1.29, 1.82) is 0 Å². The predicted octanol–water partition coefficient (Wildman–Crippen LogP) is 11.2. The van der Waals surface area contributed by atoms with Gasteiger partial charge >= 0.3 is 11.9 Å². The zero-order chi connectivity index (χ0) is 30.1. The van der Waals surface area contributed by atoms with E-state index in [1.807, 2.05) is 12.2 Å². The van der Waals surface area contributed by atoms with E-state index < -0.39 is 5.97 Å². The highest BCUT2D eigenvalue weighted by molar-refractivity contribution is 5.69. The zero-order valence-corrected chi connectivity index (χ0v) is 26.3. The van der Waals surface area contributed by atoms with Gasteiger partial charge in [0.25, 0.3) is 0 Å². The lowest BCUT2D eigenvalue weighted by molar-refractivity contribution is -0.147. The summed E-state index contributed by atoms with van der Waals surface area (Å²) in [6, 6.07) is 0. The lowest BCUT2D eigenvalue weighted by Crippen LogP contribution is -2.16. The molecule has 0 amide bonds. The molecular formula is C37H60O4. The van der Waals surface area contributed by atoms with Crippen LogP contribution in [0.15, 0.2) is 72.9 Å². The van der Waals surface area contributed by atoms with Crippen molar-refractivity contribution in [3.05, 3.63) is 72.9 Å². The van der Waals surface area contributed by atoms with E-state index >= 15 is 0 Å². The van der Waals surface area contributed by atoms with Gasteiger partial charge in [0.15, 0.2) is 0 Å². The molecule has 1 atom stereocenters. The summed E-state index contributed by atoms with van der Waals surface area (Å²) in [7, 11) is 0. The number of unbranched alkanes of at least 4 members (excludes halogenated alkanes) is 9. The first-order chi connectivity index (χ1) is 20.1. The number of carboxylic acid groups (broad SMARTS) is 1. The molecule has 232 valence electrons. The quantitative estimate of drug-likeness (QED) is 0.0579. The Morgan fingerprint density at radius 2 is 1.10 bits per heavy atom. The number of allylic oxidation sites excluding steroid dienone is 11. The maximum absolute atomic E-state index is 12.4. The molecule has 1 N–H and O–H groups in total. The number of aliphatic carboxylic acids is 1. The van der Waals surface area contributed by atoms with Crippen LogP contribution < -0.4 is 0 Å². The van der Waals surface area contributed by atoms with E-state index in [-0.39, 0.29) is 18.5 Å². The fourth-order valence-corrected chi connectivity index (χ4v) is 4.24. The van der Waals surface area contributed by atoms with Gasteiger partial charge in [-0.25, -0.2) is 0 Å². The molecule has 0 aromatic heterocycles. The third-order valence-corrected chi connectivity index (χ3v) is 6.65. The number of carbonyl (C=O) groups excluding carboxylic acids is 1. The molecule has 0 fully saturated rings. The van der Waals surface area contributed by atoms with Gasteiger partial charge in [-0.05, 0) is 89.5 Å². The van der Waals surface area contributed by atoms with Crippen LogP contribution in [0.1, 0.15) is 142 Å². The zero-order valence-electron chi connectivity index (χ0n) is 26.3. The van der Waals surface area contributed by atoms with Crippen LogP contribution in [0.2, 0.25) is 0 Å². The van der Waals surface area contributed by atoms with Gasteiger partial charge in [-0.15, -0.1) is 0 Å². The number of carboxylic acids is 1. The van der Waals surface area contributed by atoms with Gasteiger partial charge < -0.3 is 9.84 Å². The highest BCUT2D eigenvalue weighted by Crippen LogP contribution is 2.13. The molecule has 0 saturated heterocycles. The number of rotatable bonds is 28. The molecule has 0 radical (unpaired) electrons. The minimum Gasteiger partial charge on any atom is -0.481 e. The van der Waals surface area contributed by atoms with Gasteiger partial charge in [0, 0.05) is 12.8 Å². The van der Waals surface area contributed by atoms with E-state index in [1.54, 1.807) is 0 Å². The van der Waals surface area contributed by atoms with E-state index in [9.17, 15) is 9.59 Å². The van der Waals surface area contributed by atoms with E-state index in [4.69, 9.17) is 9.84 Å². The highest BCUT2D eigenvalue weighted by Gasteiger charge is 2.11. The van der Waals surface area contributed by atoms with Gasteiger partial charge in [0.2, 0.25) is 0 Å². The molecule has 4 heteroatoms. The van der Waals surface area contributed by atoms with Crippen molar-refractivity contribution in [2.24, 2.45) is 0 Å². The monoisotopic (exact) mass is 568 g/mol. The topological polar surface area (TPSA) is 63.6 Å². The van der Waals surface area contributed by atoms with Gasteiger partial charge in [-0.2, -0.15) is 0 Å². The van der Waals surface area contributed by atoms with Crippen LogP contribution in [0.3, 0.4) is 0 Å². The summed E-state index contributed by atoms with van der Waals surface area (Å²) in [6.07, 6.45) is 44.8. The standard InChI is InChI=1S/C37H60O4/c1-3-5-7-9-11-13-15-17-18-19-21-23-25-27-31-35(32-29-30-33-36(38)39)41-37(40)34-28-26-24-22-20-16-14-12-10-8-6-4-2/h5,7,11-14,17-18,21,23,27,31,35H,3-4,6,8-10,15-16,19-20,22,24-26,28-30,32-34H2,1-2H3,(H,38,39)/b7-5-,13-11-,14-12-,18-17-,23-21-,31-27-. The van der Waals surface area contributed by atoms with Crippen LogP contribution >= 0.6 is 0 Å². The third-order valence-electron chi connectivity index (χ3n) is 6.65. The molecule has 0 spiro atoms. The minimum atomic E-state index is -0.781. The predicted molar refractivity (Wildman–Crippen MR) is 176 cm³/mol. The normalized spacial score (nSPS) is 13.2. The summed E-state index contributed by atoms with van der Waals surface area (Å²) in [5, 5.41) is 8.89. The first kappa shape index (κ1) is 38.4. The van der Waals surface area contributed by atoms with Crippen LogP contribution in [0, 0.1) is 0 Å². The summed E-state index contributed by atoms with van der Waals surface area (Å²) in [4.78, 5) is 23.2. The largest absolute Gasteiger partial charge is 0.481 e. The molecule has 0 bridgehead atoms. The van der Waals surface area contributed by atoms with Crippen LogP contribution in [-0.4, -0.2) is 23.1 Å². The molecule has 1 unspecified atom stereocenters. The highest BCUT2D eigenvalue weighted by atomic mass is 16.5. The van der Waals surface area contributed by atoms with Gasteiger partial charge in [-0.1, -0.05) is 113 Å². The van der Waals surface area contributed by atoms with Crippen molar-refractivity contribution in [3.63, 3.8) is 0 Å². The Morgan fingerprint density at radius 3 is 1.68 bits per heavy atom. The Labute approximate surface area is 252 Å². The van der Waals surface area contributed by atoms with Gasteiger partial charge in [0.05, 0.1) is 0 Å². The van der Waals surface area contributed by atoms with E-state index in [1.165, 1.54) is 38.5 Å². The Balaban J connectivity index is 4.22. The molecule has 0 heterocycles. The van der Waals surface area contributed by atoms with Gasteiger partial charge in [-0.3, -0.25) is 9.59 Å². The molecule has 0 rings (SSSR count). The Morgan fingerprint density at radius 1 is 0.585 bits per heavy atom. The lowest BCUT2D eigenvalue weighted by Gasteiger charge is -2.14. The van der Waals surface area contributed by atoms with Crippen molar-refractivity contribution < 1.29 is 19.4 Å².